The van der Waals surface area contributed by atoms with Crippen LogP contribution in [-0.4, -0.2) is 31.2 Å². The van der Waals surface area contributed by atoms with Crippen molar-refractivity contribution in [1.29, 1.82) is 0 Å². The fourth-order valence-corrected chi connectivity index (χ4v) is 2.59. The first-order valence-corrected chi connectivity index (χ1v) is 6.36. The van der Waals surface area contributed by atoms with Crippen LogP contribution in [0, 0.1) is 5.92 Å². The van der Waals surface area contributed by atoms with Crippen molar-refractivity contribution in [2.45, 2.75) is 50.6 Å². The van der Waals surface area contributed by atoms with Crippen LogP contribution in [-0.2, 0) is 9.53 Å². The van der Waals surface area contributed by atoms with Gasteiger partial charge in [0.2, 0.25) is 5.91 Å². The zero-order valence-electron chi connectivity index (χ0n) is 10.2. The molecule has 2 aliphatic rings. The van der Waals surface area contributed by atoms with E-state index in [1.807, 2.05) is 0 Å². The average Bonchev–Trinajstić information content (AvgIpc) is 2.74. The Morgan fingerprint density at radius 1 is 1.24 bits per heavy atom. The summed E-state index contributed by atoms with van der Waals surface area (Å²) in [5.41, 5.74) is 5.84. The van der Waals surface area contributed by atoms with Gasteiger partial charge >= 0.3 is 0 Å². The van der Waals surface area contributed by atoms with Gasteiger partial charge in [0.25, 0.3) is 0 Å². The highest BCUT2D eigenvalue weighted by molar-refractivity contribution is 5.85. The van der Waals surface area contributed by atoms with E-state index in [2.05, 4.69) is 5.32 Å². The molecule has 1 aliphatic heterocycles. The van der Waals surface area contributed by atoms with Crippen LogP contribution < -0.4 is 11.1 Å². The maximum atomic E-state index is 11.8. The highest BCUT2D eigenvalue weighted by atomic mass is 35.5. The molecule has 1 atom stereocenters. The zero-order chi connectivity index (χ0) is 11.4. The highest BCUT2D eigenvalue weighted by Crippen LogP contribution is 2.25. The normalized spacial score (nSPS) is 32.9. The molecule has 1 heterocycles. The molecule has 0 aromatic rings. The number of rotatable bonds is 3. The summed E-state index contributed by atoms with van der Waals surface area (Å²) in [5.74, 6) is 0.734. The van der Waals surface area contributed by atoms with Gasteiger partial charge in [-0.15, -0.1) is 12.4 Å². The summed E-state index contributed by atoms with van der Waals surface area (Å²) in [5, 5.41) is 3.04. The predicted molar refractivity (Wildman–Crippen MR) is 69.2 cm³/mol. The Balaban J connectivity index is 0.00000144. The minimum Gasteiger partial charge on any atom is -0.379 e. The lowest BCUT2D eigenvalue weighted by atomic mass is 9.84. The number of nitrogens with one attached hydrogen (secondary N) is 1. The van der Waals surface area contributed by atoms with Gasteiger partial charge < -0.3 is 15.8 Å². The Bertz CT molecular complexity index is 237. The molecule has 17 heavy (non-hydrogen) atoms. The maximum Gasteiger partial charge on any atom is 0.220 e. The van der Waals surface area contributed by atoms with E-state index in [9.17, 15) is 4.79 Å². The molecule has 5 heteroatoms. The van der Waals surface area contributed by atoms with Gasteiger partial charge in [-0.05, 0) is 38.0 Å². The highest BCUT2D eigenvalue weighted by Gasteiger charge is 2.23. The standard InChI is InChI=1S/C12H22N2O2.ClH/c13-10-3-1-9(2-4-10)7-12(15)14-11-5-6-16-8-11;/h9-11H,1-8,13H2,(H,14,15);1H. The molecule has 0 aromatic heterocycles. The van der Waals surface area contributed by atoms with Crippen molar-refractivity contribution in [1.82, 2.24) is 5.32 Å². The monoisotopic (exact) mass is 262 g/mol. The van der Waals surface area contributed by atoms with Crippen LogP contribution in [0.1, 0.15) is 38.5 Å². The smallest absolute Gasteiger partial charge is 0.220 e. The van der Waals surface area contributed by atoms with Crippen LogP contribution >= 0.6 is 12.4 Å². The number of carbonyl (C=O) groups excluding carboxylic acids is 1. The predicted octanol–water partition coefficient (Wildman–Crippen LogP) is 1.22. The third kappa shape index (κ3) is 4.82. The van der Waals surface area contributed by atoms with E-state index in [1.165, 1.54) is 0 Å². The molecule has 0 spiro atoms. The molecule has 0 radical (unpaired) electrons. The number of ether oxygens (including phenoxy) is 1. The third-order valence-corrected chi connectivity index (χ3v) is 3.66. The van der Waals surface area contributed by atoms with E-state index in [1.54, 1.807) is 0 Å². The molecule has 2 rings (SSSR count). The number of carbonyl (C=O) groups is 1. The molecule has 1 unspecified atom stereocenters. The van der Waals surface area contributed by atoms with Crippen LogP contribution in [0.4, 0.5) is 0 Å². The summed E-state index contributed by atoms with van der Waals surface area (Å²) in [6.07, 6.45) is 5.99. The van der Waals surface area contributed by atoms with Crippen molar-refractivity contribution in [3.05, 3.63) is 0 Å². The SMILES string of the molecule is Cl.NC1CCC(CC(=O)NC2CCOC2)CC1. The second-order valence-electron chi connectivity index (χ2n) is 5.11. The molecule has 0 aromatic carbocycles. The topological polar surface area (TPSA) is 64.4 Å². The largest absolute Gasteiger partial charge is 0.379 e. The number of halogens is 1. The Morgan fingerprint density at radius 3 is 2.53 bits per heavy atom. The summed E-state index contributed by atoms with van der Waals surface area (Å²) < 4.78 is 5.23. The fourth-order valence-electron chi connectivity index (χ4n) is 2.59. The summed E-state index contributed by atoms with van der Waals surface area (Å²) in [6, 6.07) is 0.612. The Kier molecular flexibility index (Phi) is 6.23. The summed E-state index contributed by atoms with van der Waals surface area (Å²) in [4.78, 5) is 11.8. The van der Waals surface area contributed by atoms with Crippen molar-refractivity contribution < 1.29 is 9.53 Å². The van der Waals surface area contributed by atoms with Gasteiger partial charge in [0.15, 0.2) is 0 Å². The number of hydrogen-bond donors (Lipinski definition) is 2. The van der Waals surface area contributed by atoms with Crippen LogP contribution in [0.25, 0.3) is 0 Å². The molecule has 3 N–H and O–H groups in total. The van der Waals surface area contributed by atoms with Gasteiger partial charge in [-0.3, -0.25) is 4.79 Å². The first kappa shape index (κ1) is 14.7. The summed E-state index contributed by atoms with van der Waals surface area (Å²) >= 11 is 0. The molecular formula is C12H23ClN2O2. The second kappa shape index (κ2) is 7.19. The van der Waals surface area contributed by atoms with E-state index in [0.29, 0.717) is 25.0 Å². The molecule has 2 fully saturated rings. The lowest BCUT2D eigenvalue weighted by Gasteiger charge is -2.25. The van der Waals surface area contributed by atoms with Crippen LogP contribution in [0.15, 0.2) is 0 Å². The molecule has 1 amide bonds. The van der Waals surface area contributed by atoms with Crippen LogP contribution in [0.2, 0.25) is 0 Å². The number of hydrogen-bond acceptors (Lipinski definition) is 3. The van der Waals surface area contributed by atoms with Crippen molar-refractivity contribution in [3.8, 4) is 0 Å². The molecular weight excluding hydrogens is 240 g/mol. The van der Waals surface area contributed by atoms with Gasteiger partial charge in [0, 0.05) is 19.1 Å². The van der Waals surface area contributed by atoms with Gasteiger partial charge in [-0.2, -0.15) is 0 Å². The number of nitrogens with two attached hydrogens (primary N) is 1. The summed E-state index contributed by atoms with van der Waals surface area (Å²) in [7, 11) is 0. The first-order valence-electron chi connectivity index (χ1n) is 6.36. The van der Waals surface area contributed by atoms with Crippen molar-refractivity contribution in [2.75, 3.05) is 13.2 Å². The van der Waals surface area contributed by atoms with Crippen LogP contribution in [0.3, 0.4) is 0 Å². The molecule has 0 bridgehead atoms. The van der Waals surface area contributed by atoms with E-state index >= 15 is 0 Å². The minimum absolute atomic E-state index is 0. The zero-order valence-corrected chi connectivity index (χ0v) is 11.0. The third-order valence-electron chi connectivity index (χ3n) is 3.66. The Labute approximate surface area is 109 Å². The Hall–Kier alpha value is -0.320. The second-order valence-corrected chi connectivity index (χ2v) is 5.11. The lowest BCUT2D eigenvalue weighted by molar-refractivity contribution is -0.123. The minimum atomic E-state index is 0. The van der Waals surface area contributed by atoms with Crippen molar-refractivity contribution in [3.63, 3.8) is 0 Å². The van der Waals surface area contributed by atoms with Gasteiger partial charge in [0.1, 0.15) is 0 Å². The van der Waals surface area contributed by atoms with Gasteiger partial charge in [0.05, 0.1) is 12.6 Å². The van der Waals surface area contributed by atoms with Crippen molar-refractivity contribution in [2.24, 2.45) is 11.7 Å². The van der Waals surface area contributed by atoms with E-state index < -0.39 is 0 Å². The Morgan fingerprint density at radius 2 is 1.94 bits per heavy atom. The van der Waals surface area contributed by atoms with E-state index in [0.717, 1.165) is 38.7 Å². The first-order chi connectivity index (χ1) is 7.74. The molecule has 1 aliphatic carbocycles. The fraction of sp³-hybridized carbons (Fsp3) is 0.917. The number of amides is 1. The average molecular weight is 263 g/mol. The van der Waals surface area contributed by atoms with Crippen molar-refractivity contribution >= 4 is 18.3 Å². The lowest BCUT2D eigenvalue weighted by Crippen LogP contribution is -2.37. The molecule has 1 saturated carbocycles. The molecule has 1 saturated heterocycles. The molecule has 4 nitrogen and oxygen atoms in total. The summed E-state index contributed by atoms with van der Waals surface area (Å²) in [6.45, 7) is 1.46. The quantitative estimate of drug-likeness (QED) is 0.804. The maximum absolute atomic E-state index is 11.8. The van der Waals surface area contributed by atoms with Gasteiger partial charge in [-0.25, -0.2) is 0 Å². The van der Waals surface area contributed by atoms with E-state index in [-0.39, 0.29) is 24.4 Å². The van der Waals surface area contributed by atoms with E-state index in [4.69, 9.17) is 10.5 Å². The van der Waals surface area contributed by atoms with Gasteiger partial charge in [-0.1, -0.05) is 0 Å². The molecule has 100 valence electrons. The van der Waals surface area contributed by atoms with Crippen LogP contribution in [0.5, 0.6) is 0 Å².